The Labute approximate surface area is 187 Å². The van der Waals surface area contributed by atoms with Crippen molar-refractivity contribution < 1.29 is 4.79 Å². The molecule has 0 saturated heterocycles. The fourth-order valence-corrected chi connectivity index (χ4v) is 4.22. The molecular weight excluding hydrogens is 398 g/mol. The molecule has 6 heteroatoms. The van der Waals surface area contributed by atoms with E-state index in [0.717, 1.165) is 28.1 Å². The Morgan fingerprint density at radius 2 is 1.97 bits per heavy atom. The number of imidazole rings is 1. The Kier molecular flexibility index (Phi) is 5.77. The molecule has 2 aromatic carbocycles. The number of nitrogens with one attached hydrogen (secondary N) is 2. The Morgan fingerprint density at radius 1 is 1.06 bits per heavy atom. The van der Waals surface area contributed by atoms with E-state index in [9.17, 15) is 4.79 Å². The SMILES string of the molecule is O=C(Cc1cccnc1)C1CNN(Cc2c[nH]cn2)c2ccc(-c3ccccc3)cc2C1. The van der Waals surface area contributed by atoms with Gasteiger partial charge in [0.2, 0.25) is 0 Å². The molecule has 5 rings (SSSR count). The van der Waals surface area contributed by atoms with Gasteiger partial charge in [-0.1, -0.05) is 42.5 Å². The molecule has 0 fully saturated rings. The van der Waals surface area contributed by atoms with Crippen molar-refractivity contribution in [3.63, 3.8) is 0 Å². The third kappa shape index (κ3) is 4.45. The van der Waals surface area contributed by atoms with Crippen LogP contribution in [0.2, 0.25) is 0 Å². The van der Waals surface area contributed by atoms with Crippen LogP contribution in [0.25, 0.3) is 11.1 Å². The number of anilines is 1. The van der Waals surface area contributed by atoms with E-state index in [1.807, 2.05) is 36.5 Å². The average Bonchev–Trinajstić information content (AvgIpc) is 3.28. The van der Waals surface area contributed by atoms with E-state index in [-0.39, 0.29) is 11.7 Å². The molecule has 4 aromatic rings. The quantitative estimate of drug-likeness (QED) is 0.491. The highest BCUT2D eigenvalue weighted by atomic mass is 16.1. The molecule has 32 heavy (non-hydrogen) atoms. The molecule has 0 bridgehead atoms. The number of hydrogen-bond acceptors (Lipinski definition) is 5. The Hall–Kier alpha value is -3.77. The van der Waals surface area contributed by atoms with Crippen molar-refractivity contribution in [2.24, 2.45) is 5.92 Å². The van der Waals surface area contributed by atoms with Crippen LogP contribution in [0.15, 0.2) is 85.6 Å². The third-order valence-electron chi connectivity index (χ3n) is 5.90. The lowest BCUT2D eigenvalue weighted by Gasteiger charge is -2.25. The molecule has 1 atom stereocenters. The second kappa shape index (κ2) is 9.16. The summed E-state index contributed by atoms with van der Waals surface area (Å²) >= 11 is 0. The highest BCUT2D eigenvalue weighted by Crippen LogP contribution is 2.31. The van der Waals surface area contributed by atoms with Crippen LogP contribution in [-0.2, 0) is 24.2 Å². The maximum Gasteiger partial charge on any atom is 0.142 e. The smallest absolute Gasteiger partial charge is 0.142 e. The molecule has 0 amide bonds. The predicted octanol–water partition coefficient (Wildman–Crippen LogP) is 3.97. The molecule has 2 aromatic heterocycles. The van der Waals surface area contributed by atoms with Gasteiger partial charge in [-0.3, -0.25) is 9.78 Å². The number of carbonyl (C=O) groups excluding carboxylic acids is 1. The number of hydrogen-bond donors (Lipinski definition) is 2. The molecule has 6 nitrogen and oxygen atoms in total. The first-order valence-corrected chi connectivity index (χ1v) is 10.8. The molecular formula is C26H25N5O. The van der Waals surface area contributed by atoms with Crippen molar-refractivity contribution in [3.8, 4) is 11.1 Å². The van der Waals surface area contributed by atoms with E-state index >= 15 is 0 Å². The van der Waals surface area contributed by atoms with Gasteiger partial charge in [0.1, 0.15) is 5.78 Å². The van der Waals surface area contributed by atoms with Crippen molar-refractivity contribution in [2.75, 3.05) is 11.6 Å². The number of carbonyl (C=O) groups is 1. The zero-order valence-corrected chi connectivity index (χ0v) is 17.7. The summed E-state index contributed by atoms with van der Waals surface area (Å²) < 4.78 is 0. The maximum absolute atomic E-state index is 13.2. The number of ketones is 1. The van der Waals surface area contributed by atoms with Gasteiger partial charge in [-0.2, -0.15) is 0 Å². The number of fused-ring (bicyclic) bond motifs is 1. The highest BCUT2D eigenvalue weighted by molar-refractivity contribution is 5.84. The van der Waals surface area contributed by atoms with Crippen molar-refractivity contribution in [1.29, 1.82) is 0 Å². The fraction of sp³-hybridized carbons (Fsp3) is 0.192. The Morgan fingerprint density at radius 3 is 2.75 bits per heavy atom. The lowest BCUT2D eigenvalue weighted by atomic mass is 9.90. The zero-order valence-electron chi connectivity index (χ0n) is 17.7. The topological polar surface area (TPSA) is 73.9 Å². The number of Topliss-reactive ketones (excluding diaryl/α,β-unsaturated/α-hetero) is 1. The summed E-state index contributed by atoms with van der Waals surface area (Å²) in [5.41, 5.74) is 9.97. The molecule has 3 heterocycles. The molecule has 2 N–H and O–H groups in total. The zero-order chi connectivity index (χ0) is 21.8. The number of nitrogens with zero attached hydrogens (tertiary/aromatic N) is 3. The van der Waals surface area contributed by atoms with Crippen LogP contribution in [0.3, 0.4) is 0 Å². The van der Waals surface area contributed by atoms with E-state index in [1.54, 1.807) is 18.7 Å². The van der Waals surface area contributed by atoms with E-state index in [0.29, 0.717) is 25.9 Å². The number of benzene rings is 2. The highest BCUT2D eigenvalue weighted by Gasteiger charge is 2.27. The number of aromatic nitrogens is 3. The first-order valence-electron chi connectivity index (χ1n) is 10.8. The summed E-state index contributed by atoms with van der Waals surface area (Å²) in [6.45, 7) is 1.20. The summed E-state index contributed by atoms with van der Waals surface area (Å²) in [5.74, 6) is 0.104. The molecule has 0 spiro atoms. The summed E-state index contributed by atoms with van der Waals surface area (Å²) in [6, 6.07) is 20.7. The molecule has 160 valence electrons. The van der Waals surface area contributed by atoms with Gasteiger partial charge in [-0.15, -0.1) is 0 Å². The lowest BCUT2D eigenvalue weighted by Crippen LogP contribution is -2.40. The van der Waals surface area contributed by atoms with Gasteiger partial charge >= 0.3 is 0 Å². The van der Waals surface area contributed by atoms with Gasteiger partial charge in [-0.05, 0) is 46.9 Å². The van der Waals surface area contributed by atoms with Gasteiger partial charge in [0.15, 0.2) is 0 Å². The van der Waals surface area contributed by atoms with Crippen LogP contribution in [0.1, 0.15) is 16.8 Å². The minimum atomic E-state index is -0.121. The van der Waals surface area contributed by atoms with Gasteiger partial charge in [0, 0.05) is 37.5 Å². The fourth-order valence-electron chi connectivity index (χ4n) is 4.22. The van der Waals surface area contributed by atoms with Crippen LogP contribution >= 0.6 is 0 Å². The van der Waals surface area contributed by atoms with E-state index in [1.165, 1.54) is 5.56 Å². The van der Waals surface area contributed by atoms with Crippen LogP contribution in [0, 0.1) is 5.92 Å². The van der Waals surface area contributed by atoms with E-state index in [4.69, 9.17) is 0 Å². The Balaban J connectivity index is 1.46. The Bertz CT molecular complexity index is 1180. The number of rotatable bonds is 6. The number of aromatic amines is 1. The molecule has 0 saturated carbocycles. The van der Waals surface area contributed by atoms with Gasteiger partial charge in [-0.25, -0.2) is 10.4 Å². The van der Waals surface area contributed by atoms with Crippen LogP contribution in [0.5, 0.6) is 0 Å². The molecule has 0 radical (unpaired) electrons. The lowest BCUT2D eigenvalue weighted by molar-refractivity contribution is -0.122. The summed E-state index contributed by atoms with van der Waals surface area (Å²) in [6.07, 6.45) is 8.18. The number of hydrazine groups is 1. The number of pyridine rings is 1. The van der Waals surface area contributed by atoms with Crippen LogP contribution < -0.4 is 10.4 Å². The minimum Gasteiger partial charge on any atom is -0.351 e. The van der Waals surface area contributed by atoms with Crippen LogP contribution in [-0.4, -0.2) is 27.3 Å². The summed E-state index contributed by atoms with van der Waals surface area (Å²) in [5, 5.41) is 2.11. The molecule has 1 unspecified atom stereocenters. The first-order chi connectivity index (χ1) is 15.8. The minimum absolute atomic E-state index is 0.121. The number of H-pyrrole nitrogens is 1. The van der Waals surface area contributed by atoms with Crippen molar-refractivity contribution in [1.82, 2.24) is 20.4 Å². The summed E-state index contributed by atoms with van der Waals surface area (Å²) in [7, 11) is 0. The van der Waals surface area contributed by atoms with Crippen LogP contribution in [0.4, 0.5) is 5.69 Å². The normalized spacial score (nSPS) is 15.8. The van der Waals surface area contributed by atoms with Gasteiger partial charge < -0.3 is 9.99 Å². The van der Waals surface area contributed by atoms with Gasteiger partial charge in [0.25, 0.3) is 0 Å². The predicted molar refractivity (Wildman–Crippen MR) is 125 cm³/mol. The van der Waals surface area contributed by atoms with E-state index < -0.39 is 0 Å². The second-order valence-electron chi connectivity index (χ2n) is 8.12. The third-order valence-corrected chi connectivity index (χ3v) is 5.90. The van der Waals surface area contributed by atoms with E-state index in [2.05, 4.69) is 55.7 Å². The first kappa shape index (κ1) is 20.2. The second-order valence-corrected chi connectivity index (χ2v) is 8.12. The molecule has 1 aliphatic rings. The van der Waals surface area contributed by atoms with Crippen molar-refractivity contribution in [2.45, 2.75) is 19.4 Å². The van der Waals surface area contributed by atoms with Crippen molar-refractivity contribution in [3.05, 3.63) is 102 Å². The maximum atomic E-state index is 13.2. The largest absolute Gasteiger partial charge is 0.351 e. The molecule has 1 aliphatic heterocycles. The van der Waals surface area contributed by atoms with Gasteiger partial charge in [0.05, 0.1) is 24.3 Å². The monoisotopic (exact) mass is 423 g/mol. The molecule has 0 aliphatic carbocycles. The average molecular weight is 424 g/mol. The van der Waals surface area contributed by atoms with Crippen molar-refractivity contribution >= 4 is 11.5 Å². The standard InChI is InChI=1S/C26H25N5O/c32-26(11-19-5-4-10-27-14-19)23-13-22-12-21(20-6-2-1-3-7-20)8-9-25(22)31(30-15-23)17-24-16-28-18-29-24/h1-10,12,14,16,18,23,30H,11,13,15,17H2,(H,28,29). The summed E-state index contributed by atoms with van der Waals surface area (Å²) in [4.78, 5) is 24.8.